The molecule has 2 atom stereocenters. The molecule has 40 heavy (non-hydrogen) atoms. The van der Waals surface area contributed by atoms with Crippen LogP contribution in [0.4, 0.5) is 10.2 Å². The van der Waals surface area contributed by atoms with Crippen LogP contribution < -0.4 is 4.90 Å². The molecular formula is C29H36ClFN4O4S. The van der Waals surface area contributed by atoms with Gasteiger partial charge in [0, 0.05) is 31.6 Å². The van der Waals surface area contributed by atoms with Gasteiger partial charge in [-0.2, -0.15) is 0 Å². The van der Waals surface area contributed by atoms with Gasteiger partial charge in [-0.05, 0) is 62.4 Å². The molecule has 2 aliphatic rings. The minimum absolute atomic E-state index is 0.00611. The van der Waals surface area contributed by atoms with E-state index in [9.17, 15) is 22.7 Å². The molecule has 1 aromatic carbocycles. The Morgan fingerprint density at radius 3 is 2.33 bits per heavy atom. The van der Waals surface area contributed by atoms with Crippen molar-refractivity contribution in [2.24, 2.45) is 5.41 Å². The lowest BCUT2D eigenvalue weighted by Crippen LogP contribution is -2.56. The monoisotopic (exact) mass is 590 g/mol. The number of halogens is 2. The summed E-state index contributed by atoms with van der Waals surface area (Å²) < 4.78 is 42.6. The number of fused-ring (bicyclic) bond motifs is 3. The number of aromatic nitrogens is 2. The Morgan fingerprint density at radius 1 is 1.10 bits per heavy atom. The number of amides is 1. The Kier molecular flexibility index (Phi) is 7.20. The minimum Gasteiger partial charge on any atom is -0.390 e. The second-order valence-corrected chi connectivity index (χ2v) is 15.3. The van der Waals surface area contributed by atoms with Crippen molar-refractivity contribution in [3.8, 4) is 0 Å². The summed E-state index contributed by atoms with van der Waals surface area (Å²) in [5.74, 6) is 0.570. The second kappa shape index (κ2) is 9.99. The first-order valence-electron chi connectivity index (χ1n) is 13.5. The van der Waals surface area contributed by atoms with Crippen LogP contribution in [0.25, 0.3) is 5.52 Å². The molecule has 0 aliphatic carbocycles. The van der Waals surface area contributed by atoms with E-state index in [1.807, 2.05) is 25.2 Å². The average Bonchev–Trinajstić information content (AvgIpc) is 3.32. The zero-order valence-corrected chi connectivity index (χ0v) is 25.1. The first-order chi connectivity index (χ1) is 18.5. The van der Waals surface area contributed by atoms with Gasteiger partial charge in [0.05, 0.1) is 38.5 Å². The summed E-state index contributed by atoms with van der Waals surface area (Å²) in [6, 6.07) is 7.03. The van der Waals surface area contributed by atoms with E-state index >= 15 is 0 Å². The molecule has 0 radical (unpaired) electrons. The molecule has 2 aliphatic heterocycles. The van der Waals surface area contributed by atoms with Gasteiger partial charge in [-0.25, -0.2) is 17.8 Å². The highest BCUT2D eigenvalue weighted by Crippen LogP contribution is 2.38. The van der Waals surface area contributed by atoms with Crippen LogP contribution in [-0.4, -0.2) is 70.2 Å². The maximum atomic E-state index is 13.6. The fourth-order valence-electron chi connectivity index (χ4n) is 5.96. The highest BCUT2D eigenvalue weighted by Gasteiger charge is 2.43. The summed E-state index contributed by atoms with van der Waals surface area (Å²) in [6.07, 6.45) is 3.57. The molecule has 0 spiro atoms. The van der Waals surface area contributed by atoms with Crippen molar-refractivity contribution in [3.05, 3.63) is 58.8 Å². The Labute approximate surface area is 239 Å². The number of nitrogens with zero attached hydrogens (tertiary/aromatic N) is 4. The smallest absolute Gasteiger partial charge is 0.255 e. The lowest BCUT2D eigenvalue weighted by Gasteiger charge is -2.43. The molecule has 1 amide bonds. The largest absolute Gasteiger partial charge is 0.390 e. The van der Waals surface area contributed by atoms with Crippen LogP contribution in [0.2, 0.25) is 5.02 Å². The maximum absolute atomic E-state index is 13.6. The number of carbonyl (C=O) groups excluding carboxylic acids is 1. The Hall–Kier alpha value is -2.69. The Morgan fingerprint density at radius 2 is 1.75 bits per heavy atom. The van der Waals surface area contributed by atoms with E-state index in [0.29, 0.717) is 30.2 Å². The number of carbonyl (C=O) groups is 1. The van der Waals surface area contributed by atoms with Gasteiger partial charge in [0.2, 0.25) is 0 Å². The number of hydrogen-bond donors (Lipinski definition) is 1. The van der Waals surface area contributed by atoms with Gasteiger partial charge in [-0.3, -0.25) is 9.20 Å². The summed E-state index contributed by atoms with van der Waals surface area (Å²) in [6.45, 7) is 9.95. The SMILES string of the molecule is CC(C)(C)CS(=O)(=O)c1cc(N2[C@@H]3CC[C@H]2CN(C(=O)c2ccc(F)cc2Cl)C3)n2c(CC(C)(C)O)ncc2c1. The zero-order chi connectivity index (χ0) is 29.2. The summed E-state index contributed by atoms with van der Waals surface area (Å²) >= 11 is 6.20. The number of sulfone groups is 1. The lowest BCUT2D eigenvalue weighted by molar-refractivity contribution is 0.0715. The Bertz CT molecular complexity index is 1560. The van der Waals surface area contributed by atoms with Crippen molar-refractivity contribution in [2.45, 2.75) is 76.5 Å². The number of pyridine rings is 1. The van der Waals surface area contributed by atoms with Crippen molar-refractivity contribution in [2.75, 3.05) is 23.7 Å². The molecule has 0 unspecified atom stereocenters. The number of aliphatic hydroxyl groups is 1. The van der Waals surface area contributed by atoms with Crippen LogP contribution in [0.15, 0.2) is 41.4 Å². The lowest BCUT2D eigenvalue weighted by atomic mass is 10.0. The third kappa shape index (κ3) is 5.71. The third-order valence-electron chi connectivity index (χ3n) is 7.42. The molecular weight excluding hydrogens is 555 g/mol. The van der Waals surface area contributed by atoms with E-state index in [2.05, 4.69) is 9.88 Å². The molecule has 8 nitrogen and oxygen atoms in total. The summed E-state index contributed by atoms with van der Waals surface area (Å²) in [5.41, 5.74) is -0.547. The van der Waals surface area contributed by atoms with Gasteiger partial charge in [0.1, 0.15) is 17.5 Å². The van der Waals surface area contributed by atoms with Crippen molar-refractivity contribution < 1.29 is 22.7 Å². The number of hydrogen-bond acceptors (Lipinski definition) is 6. The van der Waals surface area contributed by atoms with Crippen LogP contribution in [0.5, 0.6) is 0 Å². The number of rotatable bonds is 6. The molecule has 2 fully saturated rings. The van der Waals surface area contributed by atoms with E-state index in [0.717, 1.165) is 18.9 Å². The van der Waals surface area contributed by atoms with Crippen molar-refractivity contribution in [1.29, 1.82) is 0 Å². The molecule has 2 bridgehead atoms. The molecule has 2 aromatic heterocycles. The molecule has 0 saturated carbocycles. The maximum Gasteiger partial charge on any atom is 0.255 e. The summed E-state index contributed by atoms with van der Waals surface area (Å²) in [7, 11) is -3.61. The van der Waals surface area contributed by atoms with E-state index in [1.54, 1.807) is 37.1 Å². The number of anilines is 1. The average molecular weight is 591 g/mol. The van der Waals surface area contributed by atoms with Crippen molar-refractivity contribution in [1.82, 2.24) is 14.3 Å². The Balaban J connectivity index is 1.56. The second-order valence-electron chi connectivity index (χ2n) is 12.9. The van der Waals surface area contributed by atoms with Crippen LogP contribution in [-0.2, 0) is 16.3 Å². The van der Waals surface area contributed by atoms with Gasteiger partial charge < -0.3 is 14.9 Å². The highest BCUT2D eigenvalue weighted by molar-refractivity contribution is 7.91. The van der Waals surface area contributed by atoms with Crippen molar-refractivity contribution >= 4 is 38.7 Å². The molecule has 1 N–H and O–H groups in total. The van der Waals surface area contributed by atoms with Gasteiger partial charge >= 0.3 is 0 Å². The molecule has 3 aromatic rings. The molecule has 11 heteroatoms. The highest BCUT2D eigenvalue weighted by atomic mass is 35.5. The predicted molar refractivity (Wildman–Crippen MR) is 153 cm³/mol. The summed E-state index contributed by atoms with van der Waals surface area (Å²) in [4.78, 5) is 22.1. The van der Waals surface area contributed by atoms with E-state index in [-0.39, 0.29) is 45.6 Å². The van der Waals surface area contributed by atoms with Gasteiger partial charge in [-0.15, -0.1) is 0 Å². The van der Waals surface area contributed by atoms with Crippen molar-refractivity contribution in [3.63, 3.8) is 0 Å². The molecule has 5 rings (SSSR count). The zero-order valence-electron chi connectivity index (χ0n) is 23.5. The van der Waals surface area contributed by atoms with Crippen LogP contribution >= 0.6 is 11.6 Å². The van der Waals surface area contributed by atoms with Crippen LogP contribution in [0.3, 0.4) is 0 Å². The molecule has 2 saturated heterocycles. The van der Waals surface area contributed by atoms with Gasteiger partial charge in [-0.1, -0.05) is 32.4 Å². The third-order valence-corrected chi connectivity index (χ3v) is 9.93. The van der Waals surface area contributed by atoms with E-state index in [1.165, 1.54) is 12.1 Å². The topological polar surface area (TPSA) is 95.2 Å². The number of imidazole rings is 1. The van der Waals surface area contributed by atoms with E-state index in [4.69, 9.17) is 11.6 Å². The first-order valence-corrected chi connectivity index (χ1v) is 15.5. The standard InChI is InChI=1S/C29H36ClFN4O4S/c1-28(2,3)17-40(38,39)22-11-21-14-32-25(13-29(4,5)37)35(21)26(12-22)34-19-7-8-20(34)16-33(15-19)27(36)23-9-6-18(31)10-24(23)30/h6,9-12,14,19-20,37H,7-8,13,15-17H2,1-5H3/t19-,20+. The van der Waals surface area contributed by atoms with Crippen LogP contribution in [0, 0.1) is 11.2 Å². The van der Waals surface area contributed by atoms with Crippen LogP contribution in [0.1, 0.15) is 63.6 Å². The fraction of sp³-hybridized carbons (Fsp3) is 0.517. The van der Waals surface area contributed by atoms with Gasteiger partial charge in [0.15, 0.2) is 9.84 Å². The summed E-state index contributed by atoms with van der Waals surface area (Å²) in [5, 5.41) is 10.7. The number of piperazine rings is 1. The quantitative estimate of drug-likeness (QED) is 0.445. The minimum atomic E-state index is -3.61. The number of benzene rings is 1. The fourth-order valence-corrected chi connectivity index (χ4v) is 8.10. The first kappa shape index (κ1) is 28.8. The number of likely N-dealkylation sites (tertiary alicyclic amines) is 1. The van der Waals surface area contributed by atoms with Gasteiger partial charge in [0.25, 0.3) is 5.91 Å². The molecule has 4 heterocycles. The molecule has 216 valence electrons. The van der Waals surface area contributed by atoms with E-state index < -0.39 is 26.7 Å². The normalized spacial score (nSPS) is 20.0. The predicted octanol–water partition coefficient (Wildman–Crippen LogP) is 4.75.